The smallest absolute Gasteiger partial charge is 0.332 e. The lowest BCUT2D eigenvalue weighted by atomic mass is 10.0. The van der Waals surface area contributed by atoms with Gasteiger partial charge in [0.1, 0.15) is 16.6 Å². The number of aromatic nitrogens is 3. The highest BCUT2D eigenvalue weighted by atomic mass is 35.5. The zero-order chi connectivity index (χ0) is 26.4. The summed E-state index contributed by atoms with van der Waals surface area (Å²) in [4.78, 5) is 39.8. The summed E-state index contributed by atoms with van der Waals surface area (Å²) >= 11 is 7.60. The van der Waals surface area contributed by atoms with E-state index in [1.54, 1.807) is 12.3 Å². The molecule has 1 saturated heterocycles. The van der Waals surface area contributed by atoms with Crippen LogP contribution in [0.5, 0.6) is 5.75 Å². The number of imide groups is 1. The van der Waals surface area contributed by atoms with Crippen LogP contribution >= 0.6 is 23.4 Å². The molecule has 1 fully saturated rings. The second-order valence-electron chi connectivity index (χ2n) is 8.51. The van der Waals surface area contributed by atoms with Crippen LogP contribution in [0.2, 0.25) is 5.02 Å². The van der Waals surface area contributed by atoms with Crippen LogP contribution in [0.1, 0.15) is 24.7 Å². The van der Waals surface area contributed by atoms with Crippen LogP contribution in [0, 0.1) is 24.1 Å². The number of ether oxygens (including phenoxy) is 1. The van der Waals surface area contributed by atoms with Crippen molar-refractivity contribution in [3.05, 3.63) is 52.8 Å². The molecule has 2 atom stereocenters. The minimum Gasteiger partial charge on any atom is -0.494 e. The van der Waals surface area contributed by atoms with Gasteiger partial charge in [-0.05, 0) is 32.1 Å². The SMILES string of the molecule is CCn1c(C)nc2cncc(N3C(=O)C4SC(c5cc(OC)c(F)cc5Cl)=CC4N(CCC#N)C3=O)c21. The first-order valence-electron chi connectivity index (χ1n) is 11.5. The zero-order valence-corrected chi connectivity index (χ0v) is 21.8. The van der Waals surface area contributed by atoms with Gasteiger partial charge in [-0.3, -0.25) is 9.78 Å². The van der Waals surface area contributed by atoms with Crippen molar-refractivity contribution in [3.8, 4) is 11.8 Å². The van der Waals surface area contributed by atoms with Crippen molar-refractivity contribution in [1.82, 2.24) is 19.4 Å². The summed E-state index contributed by atoms with van der Waals surface area (Å²) < 4.78 is 21.2. The van der Waals surface area contributed by atoms with Crippen molar-refractivity contribution in [1.29, 1.82) is 5.26 Å². The Bertz CT molecular complexity index is 1520. The molecule has 5 rings (SSSR count). The molecule has 4 heterocycles. The lowest BCUT2D eigenvalue weighted by Crippen LogP contribution is -2.62. The molecular formula is C25H22ClFN6O3S. The quantitative estimate of drug-likeness (QED) is 0.443. The molecule has 9 nitrogen and oxygen atoms in total. The molecule has 190 valence electrons. The number of carbonyl (C=O) groups is 2. The molecule has 2 aliphatic heterocycles. The number of urea groups is 1. The third kappa shape index (κ3) is 4.01. The molecule has 37 heavy (non-hydrogen) atoms. The van der Waals surface area contributed by atoms with Crippen LogP contribution in [0.25, 0.3) is 15.9 Å². The van der Waals surface area contributed by atoms with Crippen LogP contribution in [-0.2, 0) is 11.3 Å². The molecule has 1 aromatic carbocycles. The van der Waals surface area contributed by atoms with Crippen molar-refractivity contribution in [2.75, 3.05) is 18.6 Å². The van der Waals surface area contributed by atoms with E-state index in [-0.39, 0.29) is 23.7 Å². The van der Waals surface area contributed by atoms with Gasteiger partial charge in [-0.25, -0.2) is 19.1 Å². The minimum atomic E-state index is -0.701. The number of thioether (sulfide) groups is 1. The molecule has 12 heteroatoms. The average molecular weight is 541 g/mol. The first kappa shape index (κ1) is 25.0. The molecule has 2 aliphatic rings. The molecule has 0 spiro atoms. The maximum atomic E-state index is 14.2. The first-order valence-corrected chi connectivity index (χ1v) is 12.8. The summed E-state index contributed by atoms with van der Waals surface area (Å²) in [5, 5.41) is 8.70. The summed E-state index contributed by atoms with van der Waals surface area (Å²) in [6.07, 6.45) is 4.95. The van der Waals surface area contributed by atoms with E-state index in [0.717, 1.165) is 16.8 Å². The third-order valence-electron chi connectivity index (χ3n) is 6.50. The number of amides is 3. The predicted molar refractivity (Wildman–Crippen MR) is 139 cm³/mol. The molecule has 0 N–H and O–H groups in total. The largest absolute Gasteiger partial charge is 0.494 e. The Hall–Kier alpha value is -3.62. The van der Waals surface area contributed by atoms with Gasteiger partial charge in [0.15, 0.2) is 11.6 Å². The molecule has 3 amide bonds. The van der Waals surface area contributed by atoms with Crippen LogP contribution < -0.4 is 9.64 Å². The van der Waals surface area contributed by atoms with Gasteiger partial charge in [-0.1, -0.05) is 11.6 Å². The number of hydrogen-bond donors (Lipinski definition) is 0. The average Bonchev–Trinajstić information content (AvgIpc) is 3.45. The predicted octanol–water partition coefficient (Wildman–Crippen LogP) is 4.77. The highest BCUT2D eigenvalue weighted by molar-refractivity contribution is 8.09. The minimum absolute atomic E-state index is 0.0158. The summed E-state index contributed by atoms with van der Waals surface area (Å²) in [6.45, 7) is 4.52. The van der Waals surface area contributed by atoms with Gasteiger partial charge < -0.3 is 14.2 Å². The van der Waals surface area contributed by atoms with Crippen molar-refractivity contribution < 1.29 is 18.7 Å². The number of imidazole rings is 1. The van der Waals surface area contributed by atoms with Gasteiger partial charge >= 0.3 is 6.03 Å². The number of hydrogen-bond acceptors (Lipinski definition) is 7. The topological polar surface area (TPSA) is 104 Å². The summed E-state index contributed by atoms with van der Waals surface area (Å²) in [6, 6.07) is 3.56. The summed E-state index contributed by atoms with van der Waals surface area (Å²) in [7, 11) is 1.35. The molecule has 0 saturated carbocycles. The van der Waals surface area contributed by atoms with E-state index in [9.17, 15) is 19.2 Å². The fraction of sp³-hybridized carbons (Fsp3) is 0.320. The Balaban J connectivity index is 1.61. The Kier molecular flexibility index (Phi) is 6.56. The number of pyridine rings is 1. The zero-order valence-electron chi connectivity index (χ0n) is 20.2. The van der Waals surface area contributed by atoms with Crippen LogP contribution in [0.15, 0.2) is 30.6 Å². The maximum Gasteiger partial charge on any atom is 0.332 e. The molecule has 0 aliphatic carbocycles. The molecule has 0 bridgehead atoms. The van der Waals surface area contributed by atoms with Crippen molar-refractivity contribution >= 4 is 56.9 Å². The Morgan fingerprint density at radius 1 is 1.30 bits per heavy atom. The Morgan fingerprint density at radius 3 is 2.78 bits per heavy atom. The molecule has 2 aromatic heterocycles. The van der Waals surface area contributed by atoms with Crippen molar-refractivity contribution in [2.24, 2.45) is 0 Å². The standard InChI is InChI=1S/C25H22ClFN6O3S/c1-4-31-13(2)30-17-11-29-12-19(22(17)31)33-24(34)23-18(32(25(33)35)7-5-6-28)10-21(37-23)14-8-20(36-3)16(27)9-15(14)26/h8-12,18,23H,4-5,7H2,1-3H3. The summed E-state index contributed by atoms with van der Waals surface area (Å²) in [5.41, 5.74) is 2.05. The van der Waals surface area contributed by atoms with Gasteiger partial charge in [0.05, 0.1) is 54.3 Å². The van der Waals surface area contributed by atoms with E-state index in [0.29, 0.717) is 33.7 Å². The highest BCUT2D eigenvalue weighted by Gasteiger charge is 2.50. The fourth-order valence-corrected chi connectivity index (χ4v) is 6.48. The number of aryl methyl sites for hydroxylation is 2. The van der Waals surface area contributed by atoms with E-state index >= 15 is 0 Å². The maximum absolute atomic E-state index is 14.2. The number of anilines is 1. The van der Waals surface area contributed by atoms with Gasteiger partial charge in [0.2, 0.25) is 0 Å². The lowest BCUT2D eigenvalue weighted by molar-refractivity contribution is -0.119. The molecule has 2 unspecified atom stereocenters. The third-order valence-corrected chi connectivity index (χ3v) is 8.15. The van der Waals surface area contributed by atoms with Crippen LogP contribution in [0.4, 0.5) is 14.9 Å². The number of carbonyl (C=O) groups excluding carboxylic acids is 2. The van der Waals surface area contributed by atoms with E-state index in [2.05, 4.69) is 16.0 Å². The van der Waals surface area contributed by atoms with Crippen molar-refractivity contribution in [2.45, 2.75) is 38.1 Å². The monoisotopic (exact) mass is 540 g/mol. The van der Waals surface area contributed by atoms with Crippen LogP contribution in [-0.4, -0.2) is 56.3 Å². The van der Waals surface area contributed by atoms with Gasteiger partial charge in [0, 0.05) is 23.6 Å². The molecular weight excluding hydrogens is 519 g/mol. The van der Waals surface area contributed by atoms with E-state index in [1.807, 2.05) is 18.4 Å². The second-order valence-corrected chi connectivity index (χ2v) is 10.1. The lowest BCUT2D eigenvalue weighted by Gasteiger charge is -2.40. The Labute approximate surface area is 221 Å². The van der Waals surface area contributed by atoms with E-state index in [4.69, 9.17) is 16.3 Å². The molecule has 0 radical (unpaired) electrons. The number of nitriles is 1. The van der Waals surface area contributed by atoms with Gasteiger partial charge in [0.25, 0.3) is 5.91 Å². The number of fused-ring (bicyclic) bond motifs is 2. The van der Waals surface area contributed by atoms with E-state index in [1.165, 1.54) is 36.0 Å². The second kappa shape index (κ2) is 9.68. The summed E-state index contributed by atoms with van der Waals surface area (Å²) in [5.74, 6) is -0.265. The number of rotatable bonds is 6. The fourth-order valence-electron chi connectivity index (χ4n) is 4.82. The van der Waals surface area contributed by atoms with Crippen molar-refractivity contribution in [3.63, 3.8) is 0 Å². The molecule has 3 aromatic rings. The number of halogens is 2. The van der Waals surface area contributed by atoms with Gasteiger partial charge in [-0.2, -0.15) is 5.26 Å². The highest BCUT2D eigenvalue weighted by Crippen LogP contribution is 2.48. The van der Waals surface area contributed by atoms with Crippen LogP contribution in [0.3, 0.4) is 0 Å². The Morgan fingerprint density at radius 2 is 2.08 bits per heavy atom. The first-order chi connectivity index (χ1) is 17.8. The number of nitrogens with zero attached hydrogens (tertiary/aromatic N) is 6. The number of benzene rings is 1. The van der Waals surface area contributed by atoms with Gasteiger partial charge in [-0.15, -0.1) is 11.8 Å². The van der Waals surface area contributed by atoms with E-state index < -0.39 is 29.0 Å². The normalized spacial score (nSPS) is 19.3. The number of methoxy groups -OCH3 is 1.